The molecule has 33 heavy (non-hydrogen) atoms. The van der Waals surface area contributed by atoms with Crippen LogP contribution in [0.25, 0.3) is 0 Å². The molecule has 196 valence electrons. The largest absolute Gasteiger partial charge is 0.444 e. The van der Waals surface area contributed by atoms with Crippen molar-refractivity contribution in [2.45, 2.75) is 65.0 Å². The van der Waals surface area contributed by atoms with Gasteiger partial charge in [0.05, 0.1) is 44.8 Å². The van der Waals surface area contributed by atoms with Crippen molar-refractivity contribution < 1.29 is 45.2 Å². The van der Waals surface area contributed by atoms with Gasteiger partial charge in [-0.3, -0.25) is 4.18 Å². The zero-order chi connectivity index (χ0) is 26.4. The van der Waals surface area contributed by atoms with Gasteiger partial charge in [-0.2, -0.15) is 8.42 Å². The molecule has 0 radical (unpaired) electrons. The molecule has 0 aromatic heterocycles. The van der Waals surface area contributed by atoms with Crippen LogP contribution < -0.4 is 0 Å². The Morgan fingerprint density at radius 3 is 1.36 bits per heavy atom. The second-order valence-corrected chi connectivity index (χ2v) is 14.2. The zero-order valence-electron chi connectivity index (χ0n) is 20.2. The number of hydrogen-bond donors (Lipinski definition) is 1. The SMILES string of the molecule is CC(C)(C)OC(=O)N1CC(O)C1.CC(C)(C)OC(=O)N1CC(OS(C)(=O)=O)C1.CS(=O)(=O)Cl. The third kappa shape index (κ3) is 17.7. The molecule has 0 unspecified atom stereocenters. The summed E-state index contributed by atoms with van der Waals surface area (Å²) in [4.78, 5) is 25.5. The zero-order valence-corrected chi connectivity index (χ0v) is 22.6. The first-order chi connectivity index (χ1) is 14.5. The molecule has 12 nitrogen and oxygen atoms in total. The van der Waals surface area contributed by atoms with Crippen molar-refractivity contribution in [1.29, 1.82) is 0 Å². The Hall–Kier alpha value is -1.35. The van der Waals surface area contributed by atoms with Gasteiger partial charge in [0.2, 0.25) is 9.05 Å². The van der Waals surface area contributed by atoms with Crippen LogP contribution >= 0.6 is 10.7 Å². The quantitative estimate of drug-likeness (QED) is 0.402. The second-order valence-electron chi connectivity index (χ2n) is 9.53. The molecule has 0 bridgehead atoms. The number of aliphatic hydroxyl groups is 1. The Labute approximate surface area is 200 Å². The lowest BCUT2D eigenvalue weighted by Gasteiger charge is -2.38. The van der Waals surface area contributed by atoms with E-state index in [9.17, 15) is 26.4 Å². The van der Waals surface area contributed by atoms with Gasteiger partial charge in [-0.1, -0.05) is 0 Å². The summed E-state index contributed by atoms with van der Waals surface area (Å²) in [5, 5.41) is 8.92. The molecule has 2 amide bonds. The van der Waals surface area contributed by atoms with Crippen LogP contribution in [-0.2, 0) is 32.8 Å². The van der Waals surface area contributed by atoms with Crippen molar-refractivity contribution in [3.63, 3.8) is 0 Å². The number of hydrogen-bond acceptors (Lipinski definition) is 10. The molecule has 2 aliphatic heterocycles. The highest BCUT2D eigenvalue weighted by Crippen LogP contribution is 2.18. The number of ether oxygens (including phenoxy) is 2. The maximum Gasteiger partial charge on any atom is 0.410 e. The average molecular weight is 539 g/mol. The van der Waals surface area contributed by atoms with Gasteiger partial charge in [0.25, 0.3) is 10.1 Å². The van der Waals surface area contributed by atoms with E-state index in [0.717, 1.165) is 12.5 Å². The molecule has 0 saturated carbocycles. The van der Waals surface area contributed by atoms with Gasteiger partial charge in [-0.15, -0.1) is 0 Å². The van der Waals surface area contributed by atoms with Crippen LogP contribution in [0.3, 0.4) is 0 Å². The highest BCUT2D eigenvalue weighted by molar-refractivity contribution is 8.13. The van der Waals surface area contributed by atoms with Gasteiger partial charge < -0.3 is 24.4 Å². The van der Waals surface area contributed by atoms with E-state index in [2.05, 4.69) is 10.7 Å². The smallest absolute Gasteiger partial charge is 0.410 e. The number of aliphatic hydroxyl groups excluding tert-OH is 1. The minimum absolute atomic E-state index is 0.252. The Balaban J connectivity index is 0.000000530. The normalized spacial score (nSPS) is 17.4. The van der Waals surface area contributed by atoms with Crippen LogP contribution in [0.2, 0.25) is 0 Å². The molecule has 1 N–H and O–H groups in total. The monoisotopic (exact) mass is 538 g/mol. The van der Waals surface area contributed by atoms with Crippen molar-refractivity contribution in [3.8, 4) is 0 Å². The number of nitrogens with zero attached hydrogens (tertiary/aromatic N) is 2. The minimum atomic E-state index is -3.45. The van der Waals surface area contributed by atoms with Crippen molar-refractivity contribution in [3.05, 3.63) is 0 Å². The summed E-state index contributed by atoms with van der Waals surface area (Å²) in [6, 6.07) is 0. The van der Waals surface area contributed by atoms with Crippen molar-refractivity contribution in [2.24, 2.45) is 0 Å². The van der Waals surface area contributed by atoms with Gasteiger partial charge in [-0.25, -0.2) is 18.0 Å². The predicted molar refractivity (Wildman–Crippen MR) is 122 cm³/mol. The number of halogens is 1. The van der Waals surface area contributed by atoms with E-state index < -0.39 is 42.6 Å². The van der Waals surface area contributed by atoms with Crippen molar-refractivity contribution in [1.82, 2.24) is 9.80 Å². The maximum absolute atomic E-state index is 11.5. The molecular formula is C18H35ClN2O10S2. The van der Waals surface area contributed by atoms with E-state index in [4.69, 9.17) is 18.8 Å². The summed E-state index contributed by atoms with van der Waals surface area (Å²) in [5.74, 6) is 0. The Morgan fingerprint density at radius 1 is 0.818 bits per heavy atom. The number of carbonyl (C=O) groups is 2. The van der Waals surface area contributed by atoms with Gasteiger partial charge in [0, 0.05) is 10.7 Å². The average Bonchev–Trinajstić information content (AvgIpc) is 2.41. The summed E-state index contributed by atoms with van der Waals surface area (Å²) in [6.45, 7) is 12.1. The minimum Gasteiger partial charge on any atom is -0.444 e. The van der Waals surface area contributed by atoms with Gasteiger partial charge >= 0.3 is 12.2 Å². The van der Waals surface area contributed by atoms with E-state index in [1.165, 1.54) is 9.80 Å². The molecule has 2 rings (SSSR count). The molecule has 0 spiro atoms. The fourth-order valence-corrected chi connectivity index (χ4v) is 2.77. The molecule has 2 fully saturated rings. The molecule has 0 atom stereocenters. The Morgan fingerprint density at radius 2 is 1.12 bits per heavy atom. The summed E-state index contributed by atoms with van der Waals surface area (Å²) >= 11 is 0. The molecular weight excluding hydrogens is 504 g/mol. The third-order valence-corrected chi connectivity index (χ3v) is 3.95. The number of likely N-dealkylation sites (tertiary alicyclic amines) is 2. The highest BCUT2D eigenvalue weighted by atomic mass is 35.7. The highest BCUT2D eigenvalue weighted by Gasteiger charge is 2.36. The van der Waals surface area contributed by atoms with E-state index in [1.807, 2.05) is 20.8 Å². The maximum atomic E-state index is 11.5. The number of amides is 2. The number of carbonyl (C=O) groups excluding carboxylic acids is 2. The summed E-state index contributed by atoms with van der Waals surface area (Å²) in [5.41, 5.74) is -0.989. The molecule has 2 saturated heterocycles. The second kappa shape index (κ2) is 11.9. The molecule has 0 aromatic carbocycles. The van der Waals surface area contributed by atoms with Crippen LogP contribution in [0.4, 0.5) is 9.59 Å². The van der Waals surface area contributed by atoms with E-state index >= 15 is 0 Å². The lowest BCUT2D eigenvalue weighted by atomic mass is 10.2. The van der Waals surface area contributed by atoms with Crippen molar-refractivity contribution >= 4 is 42.0 Å². The predicted octanol–water partition coefficient (Wildman–Crippen LogP) is 1.36. The molecule has 0 aromatic rings. The van der Waals surface area contributed by atoms with Gasteiger partial charge in [0.15, 0.2) is 0 Å². The van der Waals surface area contributed by atoms with E-state index in [-0.39, 0.29) is 25.3 Å². The fraction of sp³-hybridized carbons (Fsp3) is 0.889. The number of β-amino-alcohol motifs (C(OH)–C–C–N with tert-alkyl or cyclic N) is 1. The van der Waals surface area contributed by atoms with Crippen LogP contribution in [0, 0.1) is 0 Å². The lowest BCUT2D eigenvalue weighted by molar-refractivity contribution is -0.0303. The first kappa shape index (κ1) is 31.6. The Bertz CT molecular complexity index is 859. The molecule has 15 heteroatoms. The van der Waals surface area contributed by atoms with Crippen LogP contribution in [-0.4, -0.2) is 106 Å². The van der Waals surface area contributed by atoms with E-state index in [0.29, 0.717) is 13.1 Å². The van der Waals surface area contributed by atoms with Gasteiger partial charge in [-0.05, 0) is 41.5 Å². The molecule has 2 heterocycles. The van der Waals surface area contributed by atoms with Crippen LogP contribution in [0.15, 0.2) is 0 Å². The fourth-order valence-electron chi connectivity index (χ4n) is 2.15. The molecule has 2 aliphatic rings. The summed E-state index contributed by atoms with van der Waals surface area (Å²) < 4.78 is 55.2. The number of rotatable bonds is 2. The summed E-state index contributed by atoms with van der Waals surface area (Å²) in [7, 11) is -2.14. The van der Waals surface area contributed by atoms with Crippen LogP contribution in [0.5, 0.6) is 0 Å². The standard InChI is InChI=1S/C9H17NO5S.C8H15NO3.CH3ClO2S/c1-9(2,3)14-8(11)10-5-7(6-10)15-16(4,12)13;1-8(2,3)12-7(11)9-4-6(10)5-9;1-5(2,3)4/h7H,5-6H2,1-4H3;6,10H,4-5H2,1-3H3;1H3. The topological polar surface area (TPSA) is 157 Å². The van der Waals surface area contributed by atoms with Gasteiger partial charge in [0.1, 0.15) is 17.3 Å². The first-order valence-corrected chi connectivity index (χ1v) is 14.4. The van der Waals surface area contributed by atoms with Crippen LogP contribution in [0.1, 0.15) is 41.5 Å². The van der Waals surface area contributed by atoms with Crippen molar-refractivity contribution in [2.75, 3.05) is 38.7 Å². The van der Waals surface area contributed by atoms with E-state index in [1.54, 1.807) is 20.8 Å². The lowest BCUT2D eigenvalue weighted by Crippen LogP contribution is -2.56. The Kier molecular flexibility index (Phi) is 11.4. The summed E-state index contributed by atoms with van der Waals surface area (Å²) in [6.07, 6.45) is 0.325. The molecule has 0 aliphatic carbocycles. The third-order valence-electron chi connectivity index (χ3n) is 3.32. The first-order valence-electron chi connectivity index (χ1n) is 9.87.